The van der Waals surface area contributed by atoms with Gasteiger partial charge in [-0.15, -0.1) is 0 Å². The van der Waals surface area contributed by atoms with Crippen molar-refractivity contribution >= 4 is 11.6 Å². The van der Waals surface area contributed by atoms with Gasteiger partial charge in [0.2, 0.25) is 0 Å². The molecule has 0 aliphatic rings. The lowest BCUT2D eigenvalue weighted by Gasteiger charge is -2.12. The predicted octanol–water partition coefficient (Wildman–Crippen LogP) is 3.26. The van der Waals surface area contributed by atoms with Gasteiger partial charge in [-0.3, -0.25) is 4.79 Å². The van der Waals surface area contributed by atoms with Gasteiger partial charge >= 0.3 is 0 Å². The average molecular weight is 356 g/mol. The Labute approximate surface area is 155 Å². The molecule has 0 heterocycles. The van der Waals surface area contributed by atoms with Crippen LogP contribution in [0.25, 0.3) is 0 Å². The summed E-state index contributed by atoms with van der Waals surface area (Å²) in [6, 6.07) is 15.4. The Morgan fingerprint density at radius 1 is 1.04 bits per heavy atom. The van der Waals surface area contributed by atoms with Gasteiger partial charge < -0.3 is 20.5 Å². The third-order valence-electron chi connectivity index (χ3n) is 3.99. The van der Waals surface area contributed by atoms with E-state index in [9.17, 15) is 4.79 Å². The molecule has 5 nitrogen and oxygen atoms in total. The lowest BCUT2D eigenvalue weighted by Crippen LogP contribution is -2.21. The van der Waals surface area contributed by atoms with Crippen molar-refractivity contribution in [1.82, 2.24) is 5.32 Å². The number of amides is 1. The number of aliphatic hydroxyl groups is 1. The van der Waals surface area contributed by atoms with Gasteiger partial charge in [0.15, 0.2) is 6.61 Å². The Morgan fingerprint density at radius 3 is 2.58 bits per heavy atom. The zero-order valence-electron chi connectivity index (χ0n) is 15.3. The SMILES string of the molecule is Cc1ccc(NC(=O)COc2ccccc2CNCCCCCO)cc1. The number of benzene rings is 2. The molecule has 0 aromatic heterocycles. The lowest BCUT2D eigenvalue weighted by atomic mass is 10.2. The van der Waals surface area contributed by atoms with Gasteiger partial charge in [0.1, 0.15) is 5.75 Å². The molecular formula is C21H28N2O3. The van der Waals surface area contributed by atoms with Crippen LogP contribution in [0.2, 0.25) is 0 Å². The van der Waals surface area contributed by atoms with E-state index in [4.69, 9.17) is 9.84 Å². The first-order valence-electron chi connectivity index (χ1n) is 9.08. The predicted molar refractivity (Wildman–Crippen MR) is 104 cm³/mol. The number of hydrogen-bond donors (Lipinski definition) is 3. The summed E-state index contributed by atoms with van der Waals surface area (Å²) < 4.78 is 5.71. The summed E-state index contributed by atoms with van der Waals surface area (Å²) >= 11 is 0. The minimum atomic E-state index is -0.180. The van der Waals surface area contributed by atoms with Crippen LogP contribution in [0.5, 0.6) is 5.75 Å². The molecule has 0 radical (unpaired) electrons. The largest absolute Gasteiger partial charge is 0.483 e. The summed E-state index contributed by atoms with van der Waals surface area (Å²) in [6.07, 6.45) is 2.89. The van der Waals surface area contributed by atoms with E-state index < -0.39 is 0 Å². The number of hydrogen-bond acceptors (Lipinski definition) is 4. The standard InChI is InChI=1S/C21H28N2O3/c1-17-9-11-19(12-10-17)23-21(25)16-26-20-8-4-3-7-18(20)15-22-13-5-2-6-14-24/h3-4,7-12,22,24H,2,5-6,13-16H2,1H3,(H,23,25). The molecular weight excluding hydrogens is 328 g/mol. The Kier molecular flexibility index (Phi) is 8.66. The van der Waals surface area contributed by atoms with Crippen molar-refractivity contribution in [3.63, 3.8) is 0 Å². The number of anilines is 1. The minimum Gasteiger partial charge on any atom is -0.483 e. The summed E-state index contributed by atoms with van der Waals surface area (Å²) in [5.74, 6) is 0.537. The van der Waals surface area contributed by atoms with Gasteiger partial charge in [0.05, 0.1) is 0 Å². The monoisotopic (exact) mass is 356 g/mol. The molecule has 3 N–H and O–H groups in total. The van der Waals surface area contributed by atoms with Crippen LogP contribution in [0.15, 0.2) is 48.5 Å². The van der Waals surface area contributed by atoms with Gasteiger partial charge in [0.25, 0.3) is 5.91 Å². The first kappa shape index (κ1) is 19.9. The molecule has 5 heteroatoms. The maximum Gasteiger partial charge on any atom is 0.262 e. The summed E-state index contributed by atoms with van der Waals surface area (Å²) in [6.45, 7) is 3.81. The van der Waals surface area contributed by atoms with Crippen molar-refractivity contribution in [2.24, 2.45) is 0 Å². The normalized spacial score (nSPS) is 10.5. The van der Waals surface area contributed by atoms with Crippen molar-refractivity contribution in [3.8, 4) is 5.75 Å². The average Bonchev–Trinajstić information content (AvgIpc) is 2.65. The van der Waals surface area contributed by atoms with Gasteiger partial charge in [-0.2, -0.15) is 0 Å². The second-order valence-electron chi connectivity index (χ2n) is 6.27. The highest BCUT2D eigenvalue weighted by atomic mass is 16.5. The molecule has 0 spiro atoms. The first-order chi connectivity index (χ1) is 12.7. The third-order valence-corrected chi connectivity index (χ3v) is 3.99. The van der Waals surface area contributed by atoms with Crippen molar-refractivity contribution in [2.75, 3.05) is 25.1 Å². The Morgan fingerprint density at radius 2 is 1.81 bits per heavy atom. The molecule has 26 heavy (non-hydrogen) atoms. The number of carbonyl (C=O) groups is 1. The van der Waals surface area contributed by atoms with E-state index in [1.807, 2.05) is 55.5 Å². The molecule has 140 valence electrons. The number of nitrogens with one attached hydrogen (secondary N) is 2. The van der Waals surface area contributed by atoms with Crippen molar-refractivity contribution < 1.29 is 14.6 Å². The van der Waals surface area contributed by atoms with E-state index in [0.717, 1.165) is 48.4 Å². The van der Waals surface area contributed by atoms with Gasteiger partial charge in [-0.25, -0.2) is 0 Å². The highest BCUT2D eigenvalue weighted by Crippen LogP contribution is 2.18. The topological polar surface area (TPSA) is 70.6 Å². The molecule has 0 saturated carbocycles. The maximum atomic E-state index is 12.1. The van der Waals surface area contributed by atoms with Crippen LogP contribution in [0.3, 0.4) is 0 Å². The number of rotatable bonds is 11. The van der Waals surface area contributed by atoms with E-state index >= 15 is 0 Å². The fraction of sp³-hybridized carbons (Fsp3) is 0.381. The molecule has 2 aromatic carbocycles. The van der Waals surface area contributed by atoms with Crippen LogP contribution < -0.4 is 15.4 Å². The van der Waals surface area contributed by atoms with Crippen LogP contribution in [0.4, 0.5) is 5.69 Å². The Hall–Kier alpha value is -2.37. The van der Waals surface area contributed by atoms with Gasteiger partial charge in [0, 0.05) is 24.4 Å². The Balaban J connectivity index is 1.77. The quantitative estimate of drug-likeness (QED) is 0.541. The van der Waals surface area contributed by atoms with Crippen molar-refractivity contribution in [2.45, 2.75) is 32.7 Å². The van der Waals surface area contributed by atoms with Crippen LogP contribution in [-0.4, -0.2) is 30.8 Å². The molecule has 2 rings (SSSR count). The highest BCUT2D eigenvalue weighted by Gasteiger charge is 2.07. The molecule has 0 unspecified atom stereocenters. The number of aliphatic hydroxyl groups excluding tert-OH is 1. The second kappa shape index (κ2) is 11.3. The molecule has 0 aliphatic heterocycles. The van der Waals surface area contributed by atoms with E-state index in [-0.39, 0.29) is 19.1 Å². The van der Waals surface area contributed by atoms with Crippen molar-refractivity contribution in [1.29, 1.82) is 0 Å². The highest BCUT2D eigenvalue weighted by molar-refractivity contribution is 5.91. The van der Waals surface area contributed by atoms with Gasteiger partial charge in [-0.05, 0) is 50.9 Å². The van der Waals surface area contributed by atoms with E-state index in [1.54, 1.807) is 0 Å². The van der Waals surface area contributed by atoms with E-state index in [1.165, 1.54) is 0 Å². The van der Waals surface area contributed by atoms with Gasteiger partial charge in [-0.1, -0.05) is 35.9 Å². The van der Waals surface area contributed by atoms with Crippen LogP contribution in [0.1, 0.15) is 30.4 Å². The smallest absolute Gasteiger partial charge is 0.262 e. The number of unbranched alkanes of at least 4 members (excludes halogenated alkanes) is 2. The summed E-state index contributed by atoms with van der Waals surface area (Å²) in [7, 11) is 0. The zero-order valence-corrected chi connectivity index (χ0v) is 15.3. The fourth-order valence-corrected chi connectivity index (χ4v) is 2.53. The van der Waals surface area contributed by atoms with E-state index in [0.29, 0.717) is 6.54 Å². The molecule has 1 amide bonds. The molecule has 0 bridgehead atoms. The third kappa shape index (κ3) is 7.25. The Bertz CT molecular complexity index is 671. The summed E-state index contributed by atoms with van der Waals surface area (Å²) in [4.78, 5) is 12.1. The number of para-hydroxylation sites is 1. The molecule has 2 aromatic rings. The number of ether oxygens (including phenoxy) is 1. The molecule has 0 fully saturated rings. The van der Waals surface area contributed by atoms with Crippen molar-refractivity contribution in [3.05, 3.63) is 59.7 Å². The van der Waals surface area contributed by atoms with E-state index in [2.05, 4.69) is 10.6 Å². The van der Waals surface area contributed by atoms with Crippen LogP contribution >= 0.6 is 0 Å². The number of carbonyl (C=O) groups excluding carboxylic acids is 1. The fourth-order valence-electron chi connectivity index (χ4n) is 2.53. The van der Waals surface area contributed by atoms with Crippen LogP contribution in [-0.2, 0) is 11.3 Å². The minimum absolute atomic E-state index is 0.0264. The maximum absolute atomic E-state index is 12.1. The summed E-state index contributed by atoms with van der Waals surface area (Å²) in [5, 5.41) is 15.0. The number of aryl methyl sites for hydroxylation is 1. The molecule has 0 saturated heterocycles. The van der Waals surface area contributed by atoms with Crippen LogP contribution in [0, 0.1) is 6.92 Å². The lowest BCUT2D eigenvalue weighted by molar-refractivity contribution is -0.118. The first-order valence-corrected chi connectivity index (χ1v) is 9.08. The summed E-state index contributed by atoms with van der Waals surface area (Å²) in [5.41, 5.74) is 2.94. The second-order valence-corrected chi connectivity index (χ2v) is 6.27. The zero-order chi connectivity index (χ0) is 18.6. The molecule has 0 aliphatic carbocycles. The molecule has 0 atom stereocenters.